The predicted molar refractivity (Wildman–Crippen MR) is 136 cm³/mol. The van der Waals surface area contributed by atoms with E-state index in [1.165, 1.54) is 22.3 Å². The van der Waals surface area contributed by atoms with E-state index < -0.39 is 5.41 Å². The third-order valence-electron chi connectivity index (χ3n) is 7.02. The quantitative estimate of drug-likeness (QED) is 0.261. The van der Waals surface area contributed by atoms with Crippen LogP contribution in [0, 0.1) is 0 Å². The molecule has 1 nitrogen and oxygen atoms in total. The number of hydrogen-bond donors (Lipinski definition) is 0. The van der Waals surface area contributed by atoms with E-state index in [1.54, 1.807) is 0 Å². The number of halogens is 1. The van der Waals surface area contributed by atoms with Gasteiger partial charge in [0.15, 0.2) is 0 Å². The minimum Gasteiger partial charge on any atom is -0.455 e. The second-order valence-electron chi connectivity index (χ2n) is 8.61. The summed E-state index contributed by atoms with van der Waals surface area (Å²) in [6, 6.07) is 40.5. The normalized spacial score (nSPS) is 13.8. The average molecular weight is 443 g/mol. The van der Waals surface area contributed by atoms with Gasteiger partial charge in [-0.1, -0.05) is 115 Å². The fourth-order valence-corrected chi connectivity index (χ4v) is 6.05. The second kappa shape index (κ2) is 6.84. The first-order chi connectivity index (χ1) is 16.3. The summed E-state index contributed by atoms with van der Waals surface area (Å²) in [6.07, 6.45) is 0. The van der Waals surface area contributed by atoms with E-state index in [-0.39, 0.29) is 0 Å². The average Bonchev–Trinajstić information content (AvgIpc) is 3.40. The van der Waals surface area contributed by atoms with Crippen molar-refractivity contribution in [1.29, 1.82) is 0 Å². The Bertz CT molecular complexity index is 1620. The predicted octanol–water partition coefficient (Wildman–Crippen LogP) is 8.60. The number of rotatable bonds is 2. The van der Waals surface area contributed by atoms with Gasteiger partial charge in [0, 0.05) is 16.3 Å². The third-order valence-corrected chi connectivity index (χ3v) is 7.32. The van der Waals surface area contributed by atoms with Gasteiger partial charge in [-0.25, -0.2) is 0 Å². The maximum atomic E-state index is 7.05. The van der Waals surface area contributed by atoms with Gasteiger partial charge < -0.3 is 4.42 Å². The molecule has 33 heavy (non-hydrogen) atoms. The Labute approximate surface area is 196 Å². The van der Waals surface area contributed by atoms with Crippen molar-refractivity contribution in [2.75, 3.05) is 0 Å². The lowest BCUT2D eigenvalue weighted by molar-refractivity contribution is 0.669. The van der Waals surface area contributed by atoms with Crippen molar-refractivity contribution in [2.24, 2.45) is 0 Å². The van der Waals surface area contributed by atoms with Crippen molar-refractivity contribution in [3.63, 3.8) is 0 Å². The number of para-hydroxylation sites is 1. The van der Waals surface area contributed by atoms with Crippen LogP contribution in [0.5, 0.6) is 0 Å². The first kappa shape index (κ1) is 18.7. The van der Waals surface area contributed by atoms with Gasteiger partial charge >= 0.3 is 0 Å². The zero-order valence-electron chi connectivity index (χ0n) is 17.8. The van der Waals surface area contributed by atoms with E-state index in [2.05, 4.69) is 97.1 Å². The van der Waals surface area contributed by atoms with Crippen LogP contribution >= 0.6 is 11.6 Å². The molecule has 0 unspecified atom stereocenters. The van der Waals surface area contributed by atoms with E-state index >= 15 is 0 Å². The molecule has 0 saturated carbocycles. The van der Waals surface area contributed by atoms with Gasteiger partial charge in [-0.2, -0.15) is 0 Å². The molecule has 0 fully saturated rings. The summed E-state index contributed by atoms with van der Waals surface area (Å²) in [6.45, 7) is 0. The summed E-state index contributed by atoms with van der Waals surface area (Å²) in [5.41, 5.74) is 8.42. The highest BCUT2D eigenvalue weighted by Crippen LogP contribution is 2.59. The maximum absolute atomic E-state index is 7.05. The lowest BCUT2D eigenvalue weighted by Crippen LogP contribution is -2.28. The van der Waals surface area contributed by atoms with Crippen LogP contribution in [0.25, 0.3) is 33.1 Å². The molecule has 0 bridgehead atoms. The molecule has 0 atom stereocenters. The van der Waals surface area contributed by atoms with Gasteiger partial charge in [0.25, 0.3) is 0 Å². The molecule has 0 aliphatic heterocycles. The Kier molecular flexibility index (Phi) is 3.88. The van der Waals surface area contributed by atoms with Gasteiger partial charge in [0.2, 0.25) is 0 Å². The summed E-state index contributed by atoms with van der Waals surface area (Å²) < 4.78 is 6.51. The zero-order chi connectivity index (χ0) is 22.0. The zero-order valence-corrected chi connectivity index (χ0v) is 18.5. The molecule has 2 heteroatoms. The molecule has 6 aromatic rings. The van der Waals surface area contributed by atoms with Gasteiger partial charge in [-0.3, -0.25) is 0 Å². The third kappa shape index (κ3) is 2.38. The van der Waals surface area contributed by atoms with Crippen LogP contribution in [0.3, 0.4) is 0 Å². The van der Waals surface area contributed by atoms with Crippen LogP contribution in [0.2, 0.25) is 5.02 Å². The lowest BCUT2D eigenvalue weighted by Gasteiger charge is -2.33. The first-order valence-electron chi connectivity index (χ1n) is 11.2. The van der Waals surface area contributed by atoms with Crippen molar-refractivity contribution in [3.05, 3.63) is 143 Å². The number of furan rings is 1. The van der Waals surface area contributed by atoms with Gasteiger partial charge in [0.1, 0.15) is 11.2 Å². The van der Waals surface area contributed by atoms with Gasteiger partial charge in [0.05, 0.1) is 10.4 Å². The molecule has 1 aliphatic rings. The Morgan fingerprint density at radius 2 is 1.21 bits per heavy atom. The van der Waals surface area contributed by atoms with Crippen LogP contribution in [-0.2, 0) is 5.41 Å². The molecular formula is C31H19ClO. The number of benzene rings is 5. The van der Waals surface area contributed by atoms with Crippen LogP contribution in [0.4, 0.5) is 0 Å². The van der Waals surface area contributed by atoms with Crippen molar-refractivity contribution in [1.82, 2.24) is 0 Å². The molecule has 1 aliphatic carbocycles. The molecule has 0 radical (unpaired) electrons. The topological polar surface area (TPSA) is 13.1 Å². The van der Waals surface area contributed by atoms with E-state index in [4.69, 9.17) is 16.0 Å². The highest BCUT2D eigenvalue weighted by Gasteiger charge is 2.47. The lowest BCUT2D eigenvalue weighted by atomic mass is 9.67. The smallest absolute Gasteiger partial charge is 0.145 e. The first-order valence-corrected chi connectivity index (χ1v) is 11.5. The van der Waals surface area contributed by atoms with Gasteiger partial charge in [-0.15, -0.1) is 0 Å². The standard InChI is InChI=1S/C31H19ClO/c32-26-19-25-28(30-29(26)23-16-8-10-18-27(23)33-30)22-15-7-9-17-24(22)31(25,20-11-3-1-4-12-20)21-13-5-2-6-14-21/h1-19H. The van der Waals surface area contributed by atoms with E-state index in [0.717, 1.165) is 38.1 Å². The minimum atomic E-state index is -0.481. The fourth-order valence-electron chi connectivity index (χ4n) is 5.75. The second-order valence-corrected chi connectivity index (χ2v) is 9.02. The number of fused-ring (bicyclic) bond motifs is 7. The largest absolute Gasteiger partial charge is 0.455 e. The Morgan fingerprint density at radius 3 is 1.94 bits per heavy atom. The van der Waals surface area contributed by atoms with Gasteiger partial charge in [-0.05, 0) is 39.9 Å². The summed E-state index contributed by atoms with van der Waals surface area (Å²) in [5.74, 6) is 0. The van der Waals surface area contributed by atoms with Crippen molar-refractivity contribution in [3.8, 4) is 11.1 Å². The molecule has 0 amide bonds. The highest BCUT2D eigenvalue weighted by molar-refractivity contribution is 6.38. The van der Waals surface area contributed by atoms with Crippen LogP contribution in [-0.4, -0.2) is 0 Å². The summed E-state index contributed by atoms with van der Waals surface area (Å²) in [5, 5.41) is 2.75. The Balaban J connectivity index is 1.73. The monoisotopic (exact) mass is 442 g/mol. The highest BCUT2D eigenvalue weighted by atomic mass is 35.5. The molecule has 0 spiro atoms. The minimum absolute atomic E-state index is 0.481. The molecular weight excluding hydrogens is 424 g/mol. The summed E-state index contributed by atoms with van der Waals surface area (Å²) >= 11 is 7.05. The van der Waals surface area contributed by atoms with E-state index in [0.29, 0.717) is 0 Å². The van der Waals surface area contributed by atoms with Crippen molar-refractivity contribution in [2.45, 2.75) is 5.41 Å². The van der Waals surface area contributed by atoms with Crippen molar-refractivity contribution < 1.29 is 4.42 Å². The SMILES string of the molecule is Clc1cc2c(c3oc4ccccc4c13)-c1ccccc1C2(c1ccccc1)c1ccccc1. The Morgan fingerprint density at radius 1 is 0.606 bits per heavy atom. The van der Waals surface area contributed by atoms with E-state index in [9.17, 15) is 0 Å². The molecule has 7 rings (SSSR count). The van der Waals surface area contributed by atoms with Crippen molar-refractivity contribution >= 4 is 33.5 Å². The summed E-state index contributed by atoms with van der Waals surface area (Å²) in [4.78, 5) is 0. The summed E-state index contributed by atoms with van der Waals surface area (Å²) in [7, 11) is 0. The van der Waals surface area contributed by atoms with Crippen LogP contribution in [0.15, 0.2) is 120 Å². The fraction of sp³-hybridized carbons (Fsp3) is 0.0323. The maximum Gasteiger partial charge on any atom is 0.145 e. The molecule has 1 heterocycles. The van der Waals surface area contributed by atoms with Crippen LogP contribution < -0.4 is 0 Å². The Hall–Kier alpha value is -3.81. The molecule has 0 saturated heterocycles. The van der Waals surface area contributed by atoms with E-state index in [1.807, 2.05) is 18.2 Å². The molecule has 1 aromatic heterocycles. The van der Waals surface area contributed by atoms with Crippen LogP contribution in [0.1, 0.15) is 22.3 Å². The number of hydrogen-bond acceptors (Lipinski definition) is 1. The molecule has 156 valence electrons. The molecule has 0 N–H and O–H groups in total. The molecule has 5 aromatic carbocycles.